The van der Waals surface area contributed by atoms with Crippen molar-refractivity contribution in [1.82, 2.24) is 0 Å². The fourth-order valence-electron chi connectivity index (χ4n) is 1.44. The molecule has 1 atom stereocenters. The van der Waals surface area contributed by atoms with Crippen molar-refractivity contribution in [3.8, 4) is 0 Å². The highest BCUT2D eigenvalue weighted by molar-refractivity contribution is 6.34. The van der Waals surface area contributed by atoms with Crippen molar-refractivity contribution in [2.45, 2.75) is 19.9 Å². The Morgan fingerprint density at radius 2 is 2.00 bits per heavy atom. The summed E-state index contributed by atoms with van der Waals surface area (Å²) in [5.74, 6) is -1.79. The molecule has 1 aromatic carbocycles. The minimum Gasteiger partial charge on any atom is -0.464 e. The Morgan fingerprint density at radius 3 is 2.52 bits per heavy atom. The molecule has 1 aromatic rings. The molecule has 7 nitrogen and oxygen atoms in total. The maximum absolute atomic E-state index is 11.8. The van der Waals surface area contributed by atoms with Gasteiger partial charge in [0.05, 0.1) is 17.3 Å². The van der Waals surface area contributed by atoms with E-state index in [9.17, 15) is 14.4 Å². The fraction of sp³-hybridized carbons (Fsp3) is 0.308. The van der Waals surface area contributed by atoms with Crippen LogP contribution in [0.25, 0.3) is 0 Å². The first-order valence-corrected chi connectivity index (χ1v) is 6.53. The van der Waals surface area contributed by atoms with E-state index in [1.54, 1.807) is 6.92 Å². The van der Waals surface area contributed by atoms with Gasteiger partial charge in [0.1, 0.15) is 0 Å². The Balaban J connectivity index is 2.75. The molecule has 0 radical (unpaired) electrons. The van der Waals surface area contributed by atoms with Crippen LogP contribution in [0.15, 0.2) is 18.2 Å². The molecule has 1 rings (SSSR count). The summed E-state index contributed by atoms with van der Waals surface area (Å²) in [6.07, 6.45) is 0. The summed E-state index contributed by atoms with van der Waals surface area (Å²) < 4.78 is 4.65. The van der Waals surface area contributed by atoms with Gasteiger partial charge < -0.3 is 21.1 Å². The monoisotopic (exact) mass is 313 g/mol. The molecule has 0 heterocycles. The zero-order valence-electron chi connectivity index (χ0n) is 11.6. The van der Waals surface area contributed by atoms with E-state index in [0.717, 1.165) is 0 Å². The highest BCUT2D eigenvalue weighted by Crippen LogP contribution is 2.25. The van der Waals surface area contributed by atoms with Crippen LogP contribution in [0.2, 0.25) is 5.02 Å². The van der Waals surface area contributed by atoms with Gasteiger partial charge in [-0.3, -0.25) is 9.59 Å². The Hall–Kier alpha value is -2.12. The van der Waals surface area contributed by atoms with Gasteiger partial charge in [-0.15, -0.1) is 0 Å². The molecule has 0 saturated heterocycles. The van der Waals surface area contributed by atoms with Gasteiger partial charge in [-0.1, -0.05) is 11.6 Å². The first-order chi connectivity index (χ1) is 9.85. The van der Waals surface area contributed by atoms with Crippen molar-refractivity contribution in [3.63, 3.8) is 0 Å². The minimum atomic E-state index is -1.42. The molecule has 0 aliphatic carbocycles. The van der Waals surface area contributed by atoms with Crippen LogP contribution in [0.3, 0.4) is 0 Å². The number of halogens is 1. The summed E-state index contributed by atoms with van der Waals surface area (Å²) in [5, 5.41) is 5.21. The van der Waals surface area contributed by atoms with Crippen LogP contribution in [-0.2, 0) is 19.1 Å². The van der Waals surface area contributed by atoms with Crippen molar-refractivity contribution in [2.24, 2.45) is 5.73 Å². The van der Waals surface area contributed by atoms with Crippen LogP contribution in [0, 0.1) is 0 Å². The Labute approximate surface area is 126 Å². The predicted octanol–water partition coefficient (Wildman–Crippen LogP) is 1.13. The number of nitrogens with one attached hydrogen (secondary N) is 2. The third kappa shape index (κ3) is 5.05. The van der Waals surface area contributed by atoms with Gasteiger partial charge >= 0.3 is 5.97 Å². The molecule has 0 aliphatic heterocycles. The largest absolute Gasteiger partial charge is 0.464 e. The van der Waals surface area contributed by atoms with E-state index in [1.807, 2.05) is 0 Å². The van der Waals surface area contributed by atoms with E-state index < -0.39 is 17.9 Å². The summed E-state index contributed by atoms with van der Waals surface area (Å²) in [6, 6.07) is 3.06. The zero-order valence-corrected chi connectivity index (χ0v) is 12.4. The van der Waals surface area contributed by atoms with Crippen molar-refractivity contribution in [1.29, 1.82) is 0 Å². The lowest BCUT2D eigenvalue weighted by Gasteiger charge is -2.12. The Bertz CT molecular complexity index is 562. The van der Waals surface area contributed by atoms with Crippen molar-refractivity contribution >= 4 is 40.8 Å². The third-order valence-electron chi connectivity index (χ3n) is 2.37. The number of carbonyl (C=O) groups is 3. The number of esters is 1. The van der Waals surface area contributed by atoms with Gasteiger partial charge in [-0.05, 0) is 25.1 Å². The van der Waals surface area contributed by atoms with E-state index in [4.69, 9.17) is 17.3 Å². The van der Waals surface area contributed by atoms with Gasteiger partial charge in [0, 0.05) is 12.6 Å². The first-order valence-electron chi connectivity index (χ1n) is 6.15. The summed E-state index contributed by atoms with van der Waals surface area (Å²) >= 11 is 5.96. The van der Waals surface area contributed by atoms with Gasteiger partial charge in [0.25, 0.3) is 5.91 Å². The molecular formula is C13H16ClN3O4. The summed E-state index contributed by atoms with van der Waals surface area (Å²) in [4.78, 5) is 34.0. The molecule has 0 spiro atoms. The Kier molecular flexibility index (Phi) is 6.13. The molecule has 8 heteroatoms. The highest BCUT2D eigenvalue weighted by atomic mass is 35.5. The number of nitrogens with two attached hydrogens (primary N) is 1. The number of benzene rings is 1. The molecule has 0 aliphatic rings. The summed E-state index contributed by atoms with van der Waals surface area (Å²) in [5.41, 5.74) is 6.21. The maximum Gasteiger partial charge on any atom is 0.332 e. The topological polar surface area (TPSA) is 111 Å². The van der Waals surface area contributed by atoms with Crippen LogP contribution in [0.5, 0.6) is 0 Å². The van der Waals surface area contributed by atoms with E-state index >= 15 is 0 Å². The molecule has 114 valence electrons. The average Bonchev–Trinajstić information content (AvgIpc) is 2.40. The molecule has 21 heavy (non-hydrogen) atoms. The quantitative estimate of drug-likeness (QED) is 0.557. The maximum atomic E-state index is 11.8. The highest BCUT2D eigenvalue weighted by Gasteiger charge is 2.23. The van der Waals surface area contributed by atoms with E-state index in [-0.39, 0.29) is 17.5 Å². The van der Waals surface area contributed by atoms with Crippen molar-refractivity contribution in [3.05, 3.63) is 23.2 Å². The molecule has 2 amide bonds. The fourth-order valence-corrected chi connectivity index (χ4v) is 1.67. The molecule has 1 unspecified atom stereocenters. The van der Waals surface area contributed by atoms with Gasteiger partial charge in [-0.25, -0.2) is 4.79 Å². The number of anilines is 2. The van der Waals surface area contributed by atoms with Crippen LogP contribution >= 0.6 is 11.6 Å². The Morgan fingerprint density at radius 1 is 1.33 bits per heavy atom. The standard InChI is InChI=1S/C13H16ClN3O4/c1-3-21-13(20)11(15)12(19)17-8-4-5-10(9(14)6-8)16-7(2)18/h4-6,11H,3,15H2,1-2H3,(H,16,18)(H,17,19). The minimum absolute atomic E-state index is 0.136. The second-order valence-electron chi connectivity index (χ2n) is 4.09. The predicted molar refractivity (Wildman–Crippen MR) is 79.0 cm³/mol. The van der Waals surface area contributed by atoms with Crippen LogP contribution in [0.4, 0.5) is 11.4 Å². The number of rotatable bonds is 5. The van der Waals surface area contributed by atoms with Gasteiger partial charge in [-0.2, -0.15) is 0 Å². The number of hydrogen-bond donors (Lipinski definition) is 3. The number of amides is 2. The second-order valence-corrected chi connectivity index (χ2v) is 4.50. The van der Waals surface area contributed by atoms with Crippen molar-refractivity contribution < 1.29 is 19.1 Å². The zero-order chi connectivity index (χ0) is 16.0. The lowest BCUT2D eigenvalue weighted by Crippen LogP contribution is -2.43. The summed E-state index contributed by atoms with van der Waals surface area (Å²) in [6.45, 7) is 3.10. The van der Waals surface area contributed by atoms with Crippen LogP contribution in [-0.4, -0.2) is 30.4 Å². The smallest absolute Gasteiger partial charge is 0.332 e. The van der Waals surface area contributed by atoms with E-state index in [0.29, 0.717) is 11.4 Å². The molecule has 0 aromatic heterocycles. The van der Waals surface area contributed by atoms with Gasteiger partial charge in [0.15, 0.2) is 6.04 Å². The first kappa shape index (κ1) is 16.9. The normalized spacial score (nSPS) is 11.4. The second kappa shape index (κ2) is 7.61. The molecule has 0 fully saturated rings. The van der Waals surface area contributed by atoms with E-state index in [1.165, 1.54) is 25.1 Å². The molecule has 4 N–H and O–H groups in total. The molecule has 0 bridgehead atoms. The lowest BCUT2D eigenvalue weighted by atomic mass is 10.2. The number of ether oxygens (including phenoxy) is 1. The van der Waals surface area contributed by atoms with Crippen molar-refractivity contribution in [2.75, 3.05) is 17.2 Å². The van der Waals surface area contributed by atoms with E-state index in [2.05, 4.69) is 15.4 Å². The van der Waals surface area contributed by atoms with Crippen LogP contribution in [0.1, 0.15) is 13.8 Å². The van der Waals surface area contributed by atoms with Gasteiger partial charge in [0.2, 0.25) is 5.91 Å². The SMILES string of the molecule is CCOC(=O)C(N)C(=O)Nc1ccc(NC(C)=O)c(Cl)c1. The number of hydrogen-bond acceptors (Lipinski definition) is 5. The number of carbonyl (C=O) groups excluding carboxylic acids is 3. The molecular weight excluding hydrogens is 298 g/mol. The average molecular weight is 314 g/mol. The summed E-state index contributed by atoms with van der Waals surface area (Å²) in [7, 11) is 0. The third-order valence-corrected chi connectivity index (χ3v) is 2.68. The molecule has 0 saturated carbocycles. The van der Waals surface area contributed by atoms with Crippen LogP contribution < -0.4 is 16.4 Å². The lowest BCUT2D eigenvalue weighted by molar-refractivity contribution is -0.147.